The molecule has 9 heteroatoms. The van der Waals surface area contributed by atoms with Crippen LogP contribution in [-0.2, 0) is 14.6 Å². The molecule has 0 saturated heterocycles. The molecule has 27 heavy (non-hydrogen) atoms. The minimum absolute atomic E-state index is 0.199. The van der Waals surface area contributed by atoms with E-state index in [1.807, 2.05) is 0 Å². The summed E-state index contributed by atoms with van der Waals surface area (Å²) in [5, 5.41) is 2.83. The van der Waals surface area contributed by atoms with E-state index in [2.05, 4.69) is 20.3 Å². The zero-order valence-electron chi connectivity index (χ0n) is 15.0. The number of nitrogens with one attached hydrogen (secondary N) is 2. The Morgan fingerprint density at radius 3 is 2.85 bits per heavy atom. The normalized spacial score (nSPS) is 11.6. The fourth-order valence-corrected chi connectivity index (χ4v) is 3.29. The van der Waals surface area contributed by atoms with Crippen molar-refractivity contribution in [2.45, 2.75) is 11.3 Å². The van der Waals surface area contributed by atoms with Crippen LogP contribution in [0.15, 0.2) is 41.4 Å². The van der Waals surface area contributed by atoms with Crippen LogP contribution in [0.25, 0.3) is 22.6 Å². The number of carbonyl (C=O) groups is 1. The third-order valence-electron chi connectivity index (χ3n) is 3.98. The van der Waals surface area contributed by atoms with E-state index in [1.54, 1.807) is 25.3 Å². The third-order valence-corrected chi connectivity index (χ3v) is 5.09. The summed E-state index contributed by atoms with van der Waals surface area (Å²) in [7, 11) is -1.72. The maximum absolute atomic E-state index is 12.4. The highest BCUT2D eigenvalue weighted by molar-refractivity contribution is 7.90. The number of benzene rings is 1. The molecular weight excluding hydrogens is 368 g/mol. The van der Waals surface area contributed by atoms with Crippen molar-refractivity contribution in [3.8, 4) is 11.4 Å². The van der Waals surface area contributed by atoms with Crippen LogP contribution < -0.4 is 5.32 Å². The summed E-state index contributed by atoms with van der Waals surface area (Å²) in [5.74, 6) is 0.209. The van der Waals surface area contributed by atoms with Crippen molar-refractivity contribution >= 4 is 26.9 Å². The van der Waals surface area contributed by atoms with Crippen molar-refractivity contribution in [3.05, 3.63) is 42.1 Å². The molecule has 0 aliphatic heterocycles. The molecule has 0 radical (unpaired) electrons. The van der Waals surface area contributed by atoms with E-state index in [1.165, 1.54) is 18.3 Å². The largest absolute Gasteiger partial charge is 0.385 e. The Hall–Kier alpha value is -2.78. The molecule has 1 amide bonds. The van der Waals surface area contributed by atoms with Gasteiger partial charge in [-0.25, -0.2) is 18.4 Å². The number of imidazole rings is 1. The molecule has 8 nitrogen and oxygen atoms in total. The number of hydrogen-bond acceptors (Lipinski definition) is 6. The highest BCUT2D eigenvalue weighted by Crippen LogP contribution is 2.23. The monoisotopic (exact) mass is 388 g/mol. The van der Waals surface area contributed by atoms with Gasteiger partial charge in [0.15, 0.2) is 15.5 Å². The number of amides is 1. The number of aromatic amines is 1. The first-order valence-electron chi connectivity index (χ1n) is 8.32. The summed E-state index contributed by atoms with van der Waals surface area (Å²) in [6.07, 6.45) is 3.38. The summed E-state index contributed by atoms with van der Waals surface area (Å²) in [4.78, 5) is 24.3. The summed E-state index contributed by atoms with van der Waals surface area (Å²) >= 11 is 0. The number of pyridine rings is 1. The molecule has 3 rings (SSSR count). The van der Waals surface area contributed by atoms with E-state index < -0.39 is 9.84 Å². The van der Waals surface area contributed by atoms with Crippen LogP contribution in [-0.4, -0.2) is 55.8 Å². The Morgan fingerprint density at radius 1 is 1.30 bits per heavy atom. The lowest BCUT2D eigenvalue weighted by Gasteiger charge is -2.05. The highest BCUT2D eigenvalue weighted by Gasteiger charge is 2.16. The van der Waals surface area contributed by atoms with Crippen LogP contribution >= 0.6 is 0 Å². The van der Waals surface area contributed by atoms with E-state index in [-0.39, 0.29) is 10.8 Å². The maximum Gasteiger partial charge on any atom is 0.253 e. The molecule has 3 aromatic rings. The number of aromatic nitrogens is 3. The fourth-order valence-electron chi connectivity index (χ4n) is 2.62. The summed E-state index contributed by atoms with van der Waals surface area (Å²) in [6.45, 7) is 1.06. The molecule has 0 aliphatic rings. The Balaban J connectivity index is 1.93. The van der Waals surface area contributed by atoms with Gasteiger partial charge in [-0.3, -0.25) is 4.79 Å². The highest BCUT2D eigenvalue weighted by atomic mass is 32.2. The summed E-state index contributed by atoms with van der Waals surface area (Å²) in [6, 6.07) is 8.08. The van der Waals surface area contributed by atoms with Crippen LogP contribution in [0.1, 0.15) is 16.8 Å². The average Bonchev–Trinajstić information content (AvgIpc) is 3.09. The standard InChI is InChI=1S/C18H20N4O4S/c1-26-10-4-8-20-18(23)14-7-9-19-17-15(14)21-16(22-17)12-5-3-6-13(11-12)27(2,24)25/h3,5-7,9,11H,4,8,10H2,1-2H3,(H,20,23)(H,19,21,22). The molecule has 0 fully saturated rings. The van der Waals surface area contributed by atoms with Crippen LogP contribution in [0, 0.1) is 0 Å². The number of rotatable bonds is 7. The van der Waals surface area contributed by atoms with Gasteiger partial charge in [-0.1, -0.05) is 12.1 Å². The third kappa shape index (κ3) is 4.32. The number of methoxy groups -OCH3 is 1. The lowest BCUT2D eigenvalue weighted by molar-refractivity contribution is 0.0950. The van der Waals surface area contributed by atoms with E-state index in [4.69, 9.17) is 4.74 Å². The van der Waals surface area contributed by atoms with Gasteiger partial charge in [0, 0.05) is 38.3 Å². The minimum Gasteiger partial charge on any atom is -0.385 e. The smallest absolute Gasteiger partial charge is 0.253 e. The van der Waals surface area contributed by atoms with Crippen LogP contribution in [0.4, 0.5) is 0 Å². The van der Waals surface area contributed by atoms with Crippen LogP contribution in [0.3, 0.4) is 0 Å². The number of sulfone groups is 1. The van der Waals surface area contributed by atoms with Gasteiger partial charge < -0.3 is 15.0 Å². The van der Waals surface area contributed by atoms with Gasteiger partial charge >= 0.3 is 0 Å². The van der Waals surface area contributed by atoms with Crippen molar-refractivity contribution in [2.24, 2.45) is 0 Å². The SMILES string of the molecule is COCCCNC(=O)c1ccnc2nc(-c3cccc(S(C)(=O)=O)c3)[nH]c12. The van der Waals surface area contributed by atoms with Gasteiger partial charge in [0.1, 0.15) is 5.82 Å². The second-order valence-electron chi connectivity index (χ2n) is 6.04. The summed E-state index contributed by atoms with van der Waals surface area (Å²) < 4.78 is 28.5. The molecule has 2 heterocycles. The zero-order chi connectivity index (χ0) is 19.4. The Labute approximate surface area is 156 Å². The number of hydrogen-bond donors (Lipinski definition) is 2. The predicted octanol–water partition coefficient (Wildman–Crippen LogP) is 1.79. The van der Waals surface area contributed by atoms with Crippen molar-refractivity contribution in [1.82, 2.24) is 20.3 Å². The molecular formula is C18H20N4O4S. The van der Waals surface area contributed by atoms with Crippen molar-refractivity contribution < 1.29 is 17.9 Å². The first-order valence-corrected chi connectivity index (χ1v) is 10.2. The quantitative estimate of drug-likeness (QED) is 0.597. The van der Waals surface area contributed by atoms with Gasteiger partial charge in [0.2, 0.25) is 0 Å². The molecule has 2 aromatic heterocycles. The molecule has 0 spiro atoms. The molecule has 0 atom stereocenters. The van der Waals surface area contributed by atoms with Gasteiger partial charge in [0.25, 0.3) is 5.91 Å². The number of ether oxygens (including phenoxy) is 1. The second kappa shape index (κ2) is 7.85. The molecule has 0 saturated carbocycles. The van der Waals surface area contributed by atoms with Gasteiger partial charge in [-0.05, 0) is 24.6 Å². The topological polar surface area (TPSA) is 114 Å². The van der Waals surface area contributed by atoms with Gasteiger partial charge in [0.05, 0.1) is 16.0 Å². The Bertz CT molecular complexity index is 1080. The number of carbonyl (C=O) groups excluding carboxylic acids is 1. The van der Waals surface area contributed by atoms with Gasteiger partial charge in [-0.15, -0.1) is 0 Å². The molecule has 0 unspecified atom stereocenters. The van der Waals surface area contributed by atoms with Crippen molar-refractivity contribution in [2.75, 3.05) is 26.5 Å². The first-order chi connectivity index (χ1) is 12.9. The van der Waals surface area contributed by atoms with E-state index in [0.29, 0.717) is 47.7 Å². The van der Waals surface area contributed by atoms with Crippen molar-refractivity contribution in [3.63, 3.8) is 0 Å². The number of fused-ring (bicyclic) bond motifs is 1. The molecule has 142 valence electrons. The number of nitrogens with zero attached hydrogens (tertiary/aromatic N) is 2. The van der Waals surface area contributed by atoms with E-state index in [0.717, 1.165) is 6.26 Å². The predicted molar refractivity (Wildman–Crippen MR) is 101 cm³/mol. The van der Waals surface area contributed by atoms with E-state index in [9.17, 15) is 13.2 Å². The van der Waals surface area contributed by atoms with E-state index >= 15 is 0 Å². The van der Waals surface area contributed by atoms with Crippen LogP contribution in [0.2, 0.25) is 0 Å². The number of H-pyrrole nitrogens is 1. The average molecular weight is 388 g/mol. The lowest BCUT2D eigenvalue weighted by Crippen LogP contribution is -2.25. The Morgan fingerprint density at radius 2 is 2.11 bits per heavy atom. The zero-order valence-corrected chi connectivity index (χ0v) is 15.8. The van der Waals surface area contributed by atoms with Gasteiger partial charge in [-0.2, -0.15) is 0 Å². The second-order valence-corrected chi connectivity index (χ2v) is 8.06. The Kier molecular flexibility index (Phi) is 5.52. The lowest BCUT2D eigenvalue weighted by atomic mass is 10.2. The minimum atomic E-state index is -3.33. The molecule has 0 bridgehead atoms. The molecule has 2 N–H and O–H groups in total. The molecule has 1 aromatic carbocycles. The van der Waals surface area contributed by atoms with Crippen LogP contribution in [0.5, 0.6) is 0 Å². The fraction of sp³-hybridized carbons (Fsp3) is 0.278. The first kappa shape index (κ1) is 19.0. The molecule has 0 aliphatic carbocycles. The van der Waals surface area contributed by atoms with Crippen molar-refractivity contribution in [1.29, 1.82) is 0 Å². The summed E-state index contributed by atoms with van der Waals surface area (Å²) in [5.41, 5.74) is 1.92. The maximum atomic E-state index is 12.4.